The van der Waals surface area contributed by atoms with E-state index in [1.807, 2.05) is 6.07 Å². The predicted molar refractivity (Wildman–Crippen MR) is 158 cm³/mol. The van der Waals surface area contributed by atoms with E-state index in [1.165, 1.54) is 43.4 Å². The molecule has 0 fully saturated rings. The van der Waals surface area contributed by atoms with Crippen molar-refractivity contribution in [3.8, 4) is 22.5 Å². The van der Waals surface area contributed by atoms with Crippen LogP contribution in [0.4, 0.5) is 0 Å². The van der Waals surface area contributed by atoms with Gasteiger partial charge in [0.1, 0.15) is 12.0 Å². The smallest absolute Gasteiger partial charge is 0.144 e. The van der Waals surface area contributed by atoms with E-state index in [4.69, 9.17) is 9.97 Å². The summed E-state index contributed by atoms with van der Waals surface area (Å²) >= 11 is 0. The van der Waals surface area contributed by atoms with Crippen LogP contribution in [0.3, 0.4) is 0 Å². The molecule has 38 heavy (non-hydrogen) atoms. The van der Waals surface area contributed by atoms with Crippen LogP contribution in [0.15, 0.2) is 128 Å². The van der Waals surface area contributed by atoms with Crippen molar-refractivity contribution in [1.29, 1.82) is 0 Å². The maximum atomic E-state index is 4.82. The molecule has 8 aromatic rings. The van der Waals surface area contributed by atoms with Gasteiger partial charge in [0.2, 0.25) is 0 Å². The molecule has 8 rings (SSSR count). The minimum atomic E-state index is 0.729. The summed E-state index contributed by atoms with van der Waals surface area (Å²) in [5, 5.41) is 8.81. The van der Waals surface area contributed by atoms with E-state index in [9.17, 15) is 0 Å². The van der Waals surface area contributed by atoms with E-state index in [1.54, 1.807) is 6.33 Å². The van der Waals surface area contributed by atoms with Crippen LogP contribution in [0.25, 0.3) is 65.9 Å². The van der Waals surface area contributed by atoms with E-state index in [0.717, 1.165) is 34.5 Å². The van der Waals surface area contributed by atoms with Gasteiger partial charge in [-0.3, -0.25) is 0 Å². The summed E-state index contributed by atoms with van der Waals surface area (Å²) in [5.41, 5.74) is 6.61. The van der Waals surface area contributed by atoms with Crippen LogP contribution >= 0.6 is 0 Å². The molecular formula is C35H23N3. The van der Waals surface area contributed by atoms with Gasteiger partial charge in [0, 0.05) is 23.1 Å². The van der Waals surface area contributed by atoms with Crippen LogP contribution < -0.4 is 0 Å². The lowest BCUT2D eigenvalue weighted by Crippen LogP contribution is -2.03. The van der Waals surface area contributed by atoms with Gasteiger partial charge < -0.3 is 4.57 Å². The third-order valence-corrected chi connectivity index (χ3v) is 7.73. The molecule has 3 heteroatoms. The summed E-state index contributed by atoms with van der Waals surface area (Å²) in [7, 11) is 0. The highest BCUT2D eigenvalue weighted by Crippen LogP contribution is 2.41. The number of hydrogen-bond acceptors (Lipinski definition) is 2. The van der Waals surface area contributed by atoms with Gasteiger partial charge in [-0.15, -0.1) is 0 Å². The van der Waals surface area contributed by atoms with Crippen LogP contribution in [0.5, 0.6) is 0 Å². The summed E-state index contributed by atoms with van der Waals surface area (Å²) in [4.78, 5) is 9.56. The minimum absolute atomic E-state index is 0.729. The molecule has 0 spiro atoms. The topological polar surface area (TPSA) is 30.7 Å². The fraction of sp³-hybridized carbons (Fsp3) is 0.0286. The number of fused-ring (bicyclic) bond motifs is 1. The van der Waals surface area contributed by atoms with Crippen molar-refractivity contribution in [2.45, 2.75) is 6.54 Å². The van der Waals surface area contributed by atoms with E-state index in [-0.39, 0.29) is 0 Å². The molecule has 0 atom stereocenters. The van der Waals surface area contributed by atoms with Gasteiger partial charge in [0.05, 0.1) is 11.4 Å². The number of rotatable bonds is 4. The molecule has 3 nitrogen and oxygen atoms in total. The summed E-state index contributed by atoms with van der Waals surface area (Å²) in [5.74, 6) is 0. The SMILES string of the molecule is c1ccc(Cn2c(-c3ccc4ccc5cccc6ccc3c4c56)cc3c(-c4ccccc4)ncnc32)cc1. The Balaban J connectivity index is 1.46. The molecule has 0 bridgehead atoms. The van der Waals surface area contributed by atoms with Crippen LogP contribution in [-0.4, -0.2) is 14.5 Å². The zero-order valence-corrected chi connectivity index (χ0v) is 20.7. The molecule has 0 N–H and O–H groups in total. The highest BCUT2D eigenvalue weighted by atomic mass is 15.1. The van der Waals surface area contributed by atoms with E-state index < -0.39 is 0 Å². The minimum Gasteiger partial charge on any atom is -0.321 e. The maximum Gasteiger partial charge on any atom is 0.144 e. The second kappa shape index (κ2) is 8.25. The lowest BCUT2D eigenvalue weighted by molar-refractivity contribution is 0.832. The molecule has 0 aliphatic rings. The molecule has 0 saturated heterocycles. The lowest BCUT2D eigenvalue weighted by atomic mass is 9.91. The first-order valence-electron chi connectivity index (χ1n) is 13.0. The lowest BCUT2D eigenvalue weighted by Gasteiger charge is -2.16. The highest BCUT2D eigenvalue weighted by molar-refractivity contribution is 6.25. The first-order valence-corrected chi connectivity index (χ1v) is 13.0. The molecule has 2 heterocycles. The van der Waals surface area contributed by atoms with Crippen molar-refractivity contribution < 1.29 is 0 Å². The summed E-state index contributed by atoms with van der Waals surface area (Å²) in [6.45, 7) is 0.729. The molecule has 0 amide bonds. The third kappa shape index (κ3) is 3.15. The molecule has 0 saturated carbocycles. The van der Waals surface area contributed by atoms with Gasteiger partial charge >= 0.3 is 0 Å². The fourth-order valence-corrected chi connectivity index (χ4v) is 6.00. The van der Waals surface area contributed by atoms with Crippen LogP contribution in [0.1, 0.15) is 5.56 Å². The molecule has 178 valence electrons. The largest absolute Gasteiger partial charge is 0.321 e. The first-order chi connectivity index (χ1) is 18.8. The zero-order chi connectivity index (χ0) is 25.1. The summed E-state index contributed by atoms with van der Waals surface area (Å²) in [6.07, 6.45) is 1.69. The maximum absolute atomic E-state index is 4.82. The van der Waals surface area contributed by atoms with E-state index in [2.05, 4.69) is 120 Å². The zero-order valence-electron chi connectivity index (χ0n) is 20.7. The van der Waals surface area contributed by atoms with Crippen molar-refractivity contribution in [2.75, 3.05) is 0 Å². The average molecular weight is 486 g/mol. The Morgan fingerprint density at radius 3 is 2.03 bits per heavy atom. The predicted octanol–water partition coefficient (Wildman–Crippen LogP) is 8.71. The van der Waals surface area contributed by atoms with Gasteiger partial charge in [0.25, 0.3) is 0 Å². The second-order valence-electron chi connectivity index (χ2n) is 9.90. The normalized spacial score (nSPS) is 11.8. The van der Waals surface area contributed by atoms with Crippen molar-refractivity contribution in [1.82, 2.24) is 14.5 Å². The number of benzene rings is 6. The Labute approximate surface area is 220 Å². The molecule has 6 aromatic carbocycles. The molecule has 0 aliphatic heterocycles. The van der Waals surface area contributed by atoms with Gasteiger partial charge in [-0.1, -0.05) is 115 Å². The molecule has 2 aromatic heterocycles. The van der Waals surface area contributed by atoms with Crippen LogP contribution in [0.2, 0.25) is 0 Å². The molecule has 0 unspecified atom stereocenters. The number of nitrogens with zero attached hydrogens (tertiary/aromatic N) is 3. The van der Waals surface area contributed by atoms with Gasteiger partial charge in [-0.05, 0) is 43.9 Å². The fourth-order valence-electron chi connectivity index (χ4n) is 6.00. The second-order valence-corrected chi connectivity index (χ2v) is 9.90. The Morgan fingerprint density at radius 2 is 1.24 bits per heavy atom. The molecular weight excluding hydrogens is 462 g/mol. The van der Waals surface area contributed by atoms with Crippen molar-refractivity contribution >= 4 is 43.4 Å². The Morgan fingerprint density at radius 1 is 0.553 bits per heavy atom. The van der Waals surface area contributed by atoms with Crippen LogP contribution in [-0.2, 0) is 6.54 Å². The molecule has 0 aliphatic carbocycles. The van der Waals surface area contributed by atoms with Gasteiger partial charge in [-0.2, -0.15) is 0 Å². The summed E-state index contributed by atoms with van der Waals surface area (Å²) in [6, 6.07) is 43.4. The number of aromatic nitrogens is 3. The Bertz CT molecular complexity index is 2070. The first kappa shape index (κ1) is 21.1. The van der Waals surface area contributed by atoms with Crippen molar-refractivity contribution in [3.05, 3.63) is 133 Å². The van der Waals surface area contributed by atoms with E-state index >= 15 is 0 Å². The van der Waals surface area contributed by atoms with E-state index in [0.29, 0.717) is 0 Å². The van der Waals surface area contributed by atoms with Crippen LogP contribution in [0, 0.1) is 0 Å². The average Bonchev–Trinajstić information content (AvgIpc) is 3.35. The van der Waals surface area contributed by atoms with Crippen molar-refractivity contribution in [2.24, 2.45) is 0 Å². The van der Waals surface area contributed by atoms with Crippen molar-refractivity contribution in [3.63, 3.8) is 0 Å². The number of hydrogen-bond donors (Lipinski definition) is 0. The standard InChI is InChI=1S/C35H23N3/c1-3-8-23(9-4-1)21-38-31(20-30-34(36-22-37-35(30)38)27-10-5-2-6-11-27)28-18-16-26-15-14-24-12-7-13-25-17-19-29(28)33(26)32(24)25/h1-20,22H,21H2. The molecule has 0 radical (unpaired) electrons. The summed E-state index contributed by atoms with van der Waals surface area (Å²) < 4.78 is 2.35. The monoisotopic (exact) mass is 485 g/mol. The quantitative estimate of drug-likeness (QED) is 0.233. The Kier molecular flexibility index (Phi) is 4.58. The Hall–Kier alpha value is -5.02. The third-order valence-electron chi connectivity index (χ3n) is 7.73. The highest BCUT2D eigenvalue weighted by Gasteiger charge is 2.19. The van der Waals surface area contributed by atoms with Gasteiger partial charge in [-0.25, -0.2) is 9.97 Å². The van der Waals surface area contributed by atoms with Gasteiger partial charge in [0.15, 0.2) is 0 Å².